The topological polar surface area (TPSA) is 47.8 Å². The van der Waals surface area contributed by atoms with Gasteiger partial charge in [-0.3, -0.25) is 9.36 Å². The van der Waals surface area contributed by atoms with Crippen molar-refractivity contribution in [3.8, 4) is 11.4 Å². The van der Waals surface area contributed by atoms with Crippen molar-refractivity contribution in [1.29, 1.82) is 0 Å². The van der Waals surface area contributed by atoms with E-state index in [1.54, 1.807) is 11.8 Å². The van der Waals surface area contributed by atoms with E-state index in [2.05, 4.69) is 26.9 Å². The molecule has 0 spiro atoms. The van der Waals surface area contributed by atoms with Gasteiger partial charge in [0.25, 0.3) is 0 Å². The normalized spacial score (nSPS) is 27.7. The summed E-state index contributed by atoms with van der Waals surface area (Å²) in [5, 5.41) is 10.5. The van der Waals surface area contributed by atoms with Gasteiger partial charge in [0.1, 0.15) is 5.78 Å². The summed E-state index contributed by atoms with van der Waals surface area (Å²) in [4.78, 5) is 13.6. The summed E-state index contributed by atoms with van der Waals surface area (Å²) in [6.07, 6.45) is 7.42. The van der Waals surface area contributed by atoms with Crippen LogP contribution in [-0.2, 0) is 11.3 Å². The van der Waals surface area contributed by atoms with Crippen LogP contribution in [0, 0.1) is 23.2 Å². The standard InChI is InChI=1S/C27H28ClN3OS/c28-23-8-6-22(7-9-23)25-29-30-26(31(25)16-18-4-2-1-3-5-18)33-17-24(32)27-13-19-10-20(14-27)12-21(11-19)15-27/h1-9,19-21H,10-17H2. The lowest BCUT2D eigenvalue weighted by Gasteiger charge is -2.56. The molecule has 0 aliphatic heterocycles. The molecule has 0 unspecified atom stereocenters. The highest BCUT2D eigenvalue weighted by molar-refractivity contribution is 7.99. The number of nitrogens with zero attached hydrogens (tertiary/aromatic N) is 3. The fourth-order valence-corrected chi connectivity index (χ4v) is 7.95. The lowest BCUT2D eigenvalue weighted by atomic mass is 9.48. The first kappa shape index (κ1) is 21.4. The number of ketones is 1. The zero-order valence-corrected chi connectivity index (χ0v) is 20.2. The minimum Gasteiger partial charge on any atom is -0.298 e. The first-order valence-corrected chi connectivity index (χ1v) is 13.3. The van der Waals surface area contributed by atoms with Crippen molar-refractivity contribution in [2.24, 2.45) is 23.2 Å². The lowest BCUT2D eigenvalue weighted by Crippen LogP contribution is -2.50. The first-order chi connectivity index (χ1) is 16.1. The molecule has 0 radical (unpaired) electrons. The summed E-state index contributed by atoms with van der Waals surface area (Å²) in [7, 11) is 0. The third-order valence-electron chi connectivity index (χ3n) is 7.96. The Kier molecular flexibility index (Phi) is 5.58. The largest absolute Gasteiger partial charge is 0.298 e. The molecule has 4 nitrogen and oxygen atoms in total. The Morgan fingerprint density at radius 3 is 2.21 bits per heavy atom. The van der Waals surface area contributed by atoms with Gasteiger partial charge in [-0.1, -0.05) is 53.7 Å². The second-order valence-corrected chi connectivity index (χ2v) is 11.7. The summed E-state index contributed by atoms with van der Waals surface area (Å²) >= 11 is 7.66. The molecule has 4 fully saturated rings. The lowest BCUT2D eigenvalue weighted by molar-refractivity contribution is -0.141. The summed E-state index contributed by atoms with van der Waals surface area (Å²) in [5.74, 6) is 4.07. The van der Waals surface area contributed by atoms with E-state index >= 15 is 0 Å². The van der Waals surface area contributed by atoms with Gasteiger partial charge in [-0.05, 0) is 86.1 Å². The second kappa shape index (κ2) is 8.59. The Bertz CT molecular complexity index is 1120. The number of Topliss-reactive ketones (excluding diaryl/α,β-unsaturated/α-hetero) is 1. The number of benzene rings is 2. The molecule has 4 aliphatic rings. The van der Waals surface area contributed by atoms with Gasteiger partial charge in [0, 0.05) is 16.0 Å². The van der Waals surface area contributed by atoms with Crippen molar-refractivity contribution in [1.82, 2.24) is 14.8 Å². The van der Waals surface area contributed by atoms with Crippen molar-refractivity contribution in [2.45, 2.75) is 50.2 Å². The molecule has 7 rings (SSSR count). The van der Waals surface area contributed by atoms with E-state index in [0.717, 1.165) is 53.6 Å². The molecule has 0 N–H and O–H groups in total. The predicted octanol–water partition coefficient (Wildman–Crippen LogP) is 6.52. The Morgan fingerprint density at radius 2 is 1.58 bits per heavy atom. The number of hydrogen-bond donors (Lipinski definition) is 0. The average molecular weight is 478 g/mol. The molecule has 33 heavy (non-hydrogen) atoms. The van der Waals surface area contributed by atoms with Crippen LogP contribution in [0.15, 0.2) is 59.8 Å². The summed E-state index contributed by atoms with van der Waals surface area (Å²) in [5.41, 5.74) is 2.09. The van der Waals surface area contributed by atoms with E-state index in [0.29, 0.717) is 23.1 Å². The van der Waals surface area contributed by atoms with Gasteiger partial charge in [-0.15, -0.1) is 10.2 Å². The molecule has 4 bridgehead atoms. The monoisotopic (exact) mass is 477 g/mol. The summed E-state index contributed by atoms with van der Waals surface area (Å²) in [6.45, 7) is 0.666. The molecular weight excluding hydrogens is 450 g/mol. The third kappa shape index (κ3) is 4.15. The molecule has 1 aromatic heterocycles. The number of aromatic nitrogens is 3. The Balaban J connectivity index is 1.25. The minimum atomic E-state index is -0.0644. The molecule has 4 aliphatic carbocycles. The maximum absolute atomic E-state index is 13.6. The third-order valence-corrected chi connectivity index (χ3v) is 9.18. The number of halogens is 1. The van der Waals surface area contributed by atoms with Crippen LogP contribution < -0.4 is 0 Å². The van der Waals surface area contributed by atoms with Gasteiger partial charge in [0.15, 0.2) is 11.0 Å². The molecule has 6 heteroatoms. The van der Waals surface area contributed by atoms with Gasteiger partial charge < -0.3 is 0 Å². The van der Waals surface area contributed by atoms with Crippen LogP contribution in [-0.4, -0.2) is 26.3 Å². The summed E-state index contributed by atoms with van der Waals surface area (Å²) in [6, 6.07) is 18.0. The highest BCUT2D eigenvalue weighted by Crippen LogP contribution is 2.60. The highest BCUT2D eigenvalue weighted by atomic mass is 35.5. The molecular formula is C27H28ClN3OS. The zero-order chi connectivity index (χ0) is 22.4. The maximum atomic E-state index is 13.6. The van der Waals surface area contributed by atoms with Crippen LogP contribution in [0.4, 0.5) is 0 Å². The number of rotatable bonds is 7. The first-order valence-electron chi connectivity index (χ1n) is 12.0. The van der Waals surface area contributed by atoms with Gasteiger partial charge >= 0.3 is 0 Å². The predicted molar refractivity (Wildman–Crippen MR) is 132 cm³/mol. The van der Waals surface area contributed by atoms with E-state index in [1.165, 1.54) is 24.8 Å². The van der Waals surface area contributed by atoms with Crippen molar-refractivity contribution < 1.29 is 4.79 Å². The second-order valence-electron chi connectivity index (χ2n) is 10.3. The number of thioether (sulfide) groups is 1. The summed E-state index contributed by atoms with van der Waals surface area (Å²) < 4.78 is 2.14. The van der Waals surface area contributed by atoms with Crippen LogP contribution in [0.25, 0.3) is 11.4 Å². The van der Waals surface area contributed by atoms with Crippen LogP contribution in [0.3, 0.4) is 0 Å². The molecule has 0 amide bonds. The van der Waals surface area contributed by atoms with Gasteiger partial charge in [0.2, 0.25) is 0 Å². The molecule has 170 valence electrons. The van der Waals surface area contributed by atoms with Crippen LogP contribution in [0.5, 0.6) is 0 Å². The molecule has 0 atom stereocenters. The van der Waals surface area contributed by atoms with Gasteiger partial charge in [0.05, 0.1) is 12.3 Å². The van der Waals surface area contributed by atoms with Crippen LogP contribution in [0.1, 0.15) is 44.1 Å². The zero-order valence-electron chi connectivity index (χ0n) is 18.6. The quantitative estimate of drug-likeness (QED) is 0.363. The fraction of sp³-hybridized carbons (Fsp3) is 0.444. The van der Waals surface area contributed by atoms with Gasteiger partial charge in [-0.2, -0.15) is 0 Å². The fourth-order valence-electron chi connectivity index (χ4n) is 6.85. The Labute approximate surface area is 204 Å². The van der Waals surface area contributed by atoms with E-state index in [1.807, 2.05) is 42.5 Å². The number of hydrogen-bond acceptors (Lipinski definition) is 4. The molecule has 0 saturated heterocycles. The van der Waals surface area contributed by atoms with E-state index in [4.69, 9.17) is 11.6 Å². The Hall–Kier alpha value is -2.11. The molecule has 3 aromatic rings. The van der Waals surface area contributed by atoms with E-state index < -0.39 is 0 Å². The SMILES string of the molecule is O=C(CSc1nnc(-c2ccc(Cl)cc2)n1Cc1ccccc1)C12CC3CC(CC(C3)C1)C2. The van der Waals surface area contributed by atoms with Crippen LogP contribution in [0.2, 0.25) is 5.02 Å². The smallest absolute Gasteiger partial charge is 0.192 e. The average Bonchev–Trinajstić information content (AvgIpc) is 3.20. The van der Waals surface area contributed by atoms with Gasteiger partial charge in [-0.25, -0.2) is 0 Å². The molecule has 1 heterocycles. The Morgan fingerprint density at radius 1 is 0.939 bits per heavy atom. The number of carbonyl (C=O) groups is 1. The van der Waals surface area contributed by atoms with E-state index in [9.17, 15) is 4.79 Å². The maximum Gasteiger partial charge on any atom is 0.192 e. The highest BCUT2D eigenvalue weighted by Gasteiger charge is 2.54. The minimum absolute atomic E-state index is 0.0644. The number of carbonyl (C=O) groups excluding carboxylic acids is 1. The van der Waals surface area contributed by atoms with E-state index in [-0.39, 0.29) is 5.41 Å². The van der Waals surface area contributed by atoms with Crippen LogP contribution >= 0.6 is 23.4 Å². The van der Waals surface area contributed by atoms with Crippen molar-refractivity contribution >= 4 is 29.1 Å². The molecule has 4 saturated carbocycles. The van der Waals surface area contributed by atoms with Crippen molar-refractivity contribution in [3.05, 3.63) is 65.2 Å². The van der Waals surface area contributed by atoms with Crippen molar-refractivity contribution in [2.75, 3.05) is 5.75 Å². The van der Waals surface area contributed by atoms with Crippen molar-refractivity contribution in [3.63, 3.8) is 0 Å². The molecule has 2 aromatic carbocycles.